The van der Waals surface area contributed by atoms with E-state index in [0.717, 1.165) is 0 Å². The molecule has 0 aliphatic carbocycles. The molecule has 1 atom stereocenters. The van der Waals surface area contributed by atoms with Gasteiger partial charge < -0.3 is 9.84 Å². The van der Waals surface area contributed by atoms with Crippen LogP contribution in [0.4, 0.5) is 4.39 Å². The molecule has 0 saturated carbocycles. The van der Waals surface area contributed by atoms with Gasteiger partial charge in [0.25, 0.3) is 0 Å². The zero-order valence-electron chi connectivity index (χ0n) is 11.7. The molecule has 0 aliphatic heterocycles. The molecule has 2 rings (SSSR count). The van der Waals surface area contributed by atoms with Gasteiger partial charge in [-0.2, -0.15) is 0 Å². The van der Waals surface area contributed by atoms with E-state index in [2.05, 4.69) is 0 Å². The monoisotopic (exact) mass is 328 g/mol. The van der Waals surface area contributed by atoms with Crippen molar-refractivity contribution in [3.05, 3.63) is 63.4 Å². The maximum Gasteiger partial charge on any atom is 0.133 e. The van der Waals surface area contributed by atoms with Gasteiger partial charge in [-0.3, -0.25) is 0 Å². The number of hydrogen-bond acceptors (Lipinski definition) is 2. The Labute approximate surface area is 133 Å². The Balaban J connectivity index is 2.43. The van der Waals surface area contributed by atoms with Crippen molar-refractivity contribution in [2.24, 2.45) is 0 Å². The molecule has 0 bridgehead atoms. The van der Waals surface area contributed by atoms with Crippen LogP contribution in [0.1, 0.15) is 18.1 Å². The van der Waals surface area contributed by atoms with Crippen molar-refractivity contribution in [2.45, 2.75) is 18.9 Å². The molecule has 2 aromatic carbocycles. The molecule has 5 heteroatoms. The predicted molar refractivity (Wildman–Crippen MR) is 82.7 cm³/mol. The van der Waals surface area contributed by atoms with Gasteiger partial charge >= 0.3 is 0 Å². The number of halogens is 3. The first-order valence-corrected chi connectivity index (χ1v) is 7.10. The first kappa shape index (κ1) is 16.1. The van der Waals surface area contributed by atoms with Crippen LogP contribution in [0, 0.1) is 5.82 Å². The topological polar surface area (TPSA) is 29.5 Å². The highest BCUT2D eigenvalue weighted by atomic mass is 35.5. The van der Waals surface area contributed by atoms with Crippen LogP contribution < -0.4 is 4.74 Å². The fourth-order valence-corrected chi connectivity index (χ4v) is 2.80. The molecular weight excluding hydrogens is 314 g/mol. The van der Waals surface area contributed by atoms with Gasteiger partial charge in [-0.1, -0.05) is 35.3 Å². The van der Waals surface area contributed by atoms with E-state index in [0.29, 0.717) is 21.4 Å². The minimum atomic E-state index is -1.46. The van der Waals surface area contributed by atoms with E-state index in [-0.39, 0.29) is 12.0 Å². The van der Waals surface area contributed by atoms with Gasteiger partial charge in [-0.15, -0.1) is 0 Å². The summed E-state index contributed by atoms with van der Waals surface area (Å²) >= 11 is 12.0. The first-order chi connectivity index (χ1) is 9.85. The maximum absolute atomic E-state index is 14.1. The molecule has 2 aromatic rings. The lowest BCUT2D eigenvalue weighted by Crippen LogP contribution is -2.26. The Morgan fingerprint density at radius 1 is 1.24 bits per heavy atom. The van der Waals surface area contributed by atoms with E-state index in [1.165, 1.54) is 26.2 Å². The quantitative estimate of drug-likeness (QED) is 0.889. The molecule has 0 saturated heterocycles. The van der Waals surface area contributed by atoms with Crippen LogP contribution in [0.25, 0.3) is 0 Å². The SMILES string of the molecule is COc1cccc(F)c1C(C)(O)Cc1ccc(Cl)cc1Cl. The zero-order valence-corrected chi connectivity index (χ0v) is 13.2. The molecule has 0 heterocycles. The lowest BCUT2D eigenvalue weighted by molar-refractivity contribution is 0.0510. The number of aliphatic hydroxyl groups is 1. The van der Waals surface area contributed by atoms with Crippen molar-refractivity contribution >= 4 is 23.2 Å². The van der Waals surface area contributed by atoms with Crippen molar-refractivity contribution in [1.29, 1.82) is 0 Å². The lowest BCUT2D eigenvalue weighted by Gasteiger charge is -2.26. The molecule has 1 N–H and O–H groups in total. The summed E-state index contributed by atoms with van der Waals surface area (Å²) in [4.78, 5) is 0. The normalized spacial score (nSPS) is 13.8. The third-order valence-electron chi connectivity index (χ3n) is 3.28. The van der Waals surface area contributed by atoms with Crippen LogP contribution >= 0.6 is 23.2 Å². The Morgan fingerprint density at radius 2 is 1.95 bits per heavy atom. The predicted octanol–water partition coefficient (Wildman–Crippen LogP) is 4.59. The second kappa shape index (κ2) is 6.22. The third-order valence-corrected chi connectivity index (χ3v) is 3.87. The molecule has 1 unspecified atom stereocenters. The second-order valence-corrected chi connectivity index (χ2v) is 5.85. The number of hydrogen-bond donors (Lipinski definition) is 1. The van der Waals surface area contributed by atoms with E-state index < -0.39 is 11.4 Å². The van der Waals surface area contributed by atoms with Crippen LogP contribution in [0.5, 0.6) is 5.75 Å². The molecule has 0 aromatic heterocycles. The summed E-state index contributed by atoms with van der Waals surface area (Å²) in [5.41, 5.74) is -0.677. The average molecular weight is 329 g/mol. The number of rotatable bonds is 4. The Morgan fingerprint density at radius 3 is 2.57 bits per heavy atom. The van der Waals surface area contributed by atoms with Crippen LogP contribution in [0.15, 0.2) is 36.4 Å². The van der Waals surface area contributed by atoms with Gasteiger partial charge in [0.15, 0.2) is 0 Å². The Hall–Kier alpha value is -1.29. The summed E-state index contributed by atoms with van der Waals surface area (Å²) in [5, 5.41) is 11.6. The number of methoxy groups -OCH3 is 1. The van der Waals surface area contributed by atoms with E-state index in [1.54, 1.807) is 24.3 Å². The molecular formula is C16H15Cl2FO2. The van der Waals surface area contributed by atoms with Gasteiger partial charge in [-0.25, -0.2) is 4.39 Å². The van der Waals surface area contributed by atoms with Crippen LogP contribution in [-0.4, -0.2) is 12.2 Å². The largest absolute Gasteiger partial charge is 0.496 e. The van der Waals surface area contributed by atoms with Gasteiger partial charge in [0.2, 0.25) is 0 Å². The summed E-state index contributed by atoms with van der Waals surface area (Å²) in [6, 6.07) is 9.41. The molecule has 0 aliphatic rings. The molecule has 112 valence electrons. The summed E-state index contributed by atoms with van der Waals surface area (Å²) in [6.07, 6.45) is 0.139. The highest BCUT2D eigenvalue weighted by Crippen LogP contribution is 2.36. The molecule has 0 fully saturated rings. The summed E-state index contributed by atoms with van der Waals surface area (Å²) in [7, 11) is 1.43. The minimum absolute atomic E-state index is 0.110. The molecule has 2 nitrogen and oxygen atoms in total. The van der Waals surface area contributed by atoms with E-state index >= 15 is 0 Å². The summed E-state index contributed by atoms with van der Waals surface area (Å²) in [5.74, 6) is -0.227. The molecule has 0 spiro atoms. The third kappa shape index (κ3) is 3.49. The Kier molecular flexibility index (Phi) is 4.77. The zero-order chi connectivity index (χ0) is 15.6. The standard InChI is InChI=1S/C16H15Cl2FO2/c1-16(20,9-10-6-7-11(17)8-12(10)18)15-13(19)4-3-5-14(15)21-2/h3-8,20H,9H2,1-2H3. The second-order valence-electron chi connectivity index (χ2n) is 5.00. The van der Waals surface area contributed by atoms with Crippen LogP contribution in [-0.2, 0) is 12.0 Å². The molecule has 0 radical (unpaired) electrons. The highest BCUT2D eigenvalue weighted by Gasteiger charge is 2.31. The highest BCUT2D eigenvalue weighted by molar-refractivity contribution is 6.35. The van der Waals surface area contributed by atoms with Crippen molar-refractivity contribution in [3.8, 4) is 5.75 Å². The average Bonchev–Trinajstić information content (AvgIpc) is 2.41. The minimum Gasteiger partial charge on any atom is -0.496 e. The van der Waals surface area contributed by atoms with Crippen molar-refractivity contribution in [1.82, 2.24) is 0 Å². The molecule has 0 amide bonds. The number of ether oxygens (including phenoxy) is 1. The van der Waals surface area contributed by atoms with Crippen molar-refractivity contribution in [2.75, 3.05) is 7.11 Å². The van der Waals surface area contributed by atoms with Gasteiger partial charge in [0, 0.05) is 16.5 Å². The lowest BCUT2D eigenvalue weighted by atomic mass is 9.88. The Bertz CT molecular complexity index is 657. The fourth-order valence-electron chi connectivity index (χ4n) is 2.32. The fraction of sp³-hybridized carbons (Fsp3) is 0.250. The van der Waals surface area contributed by atoms with Crippen LogP contribution in [0.3, 0.4) is 0 Å². The van der Waals surface area contributed by atoms with E-state index in [9.17, 15) is 9.50 Å². The summed E-state index contributed by atoms with van der Waals surface area (Å²) in [6.45, 7) is 1.53. The van der Waals surface area contributed by atoms with Crippen molar-refractivity contribution in [3.63, 3.8) is 0 Å². The van der Waals surface area contributed by atoms with Crippen molar-refractivity contribution < 1.29 is 14.2 Å². The van der Waals surface area contributed by atoms with Gasteiger partial charge in [-0.05, 0) is 36.8 Å². The number of benzene rings is 2. The maximum atomic E-state index is 14.1. The first-order valence-electron chi connectivity index (χ1n) is 6.34. The van der Waals surface area contributed by atoms with Gasteiger partial charge in [0.1, 0.15) is 11.6 Å². The molecule has 21 heavy (non-hydrogen) atoms. The van der Waals surface area contributed by atoms with Crippen LogP contribution in [0.2, 0.25) is 10.0 Å². The van der Waals surface area contributed by atoms with E-state index in [1.807, 2.05) is 0 Å². The van der Waals surface area contributed by atoms with Gasteiger partial charge in [0.05, 0.1) is 18.3 Å². The summed E-state index contributed by atoms with van der Waals surface area (Å²) < 4.78 is 19.3. The smallest absolute Gasteiger partial charge is 0.133 e. The van der Waals surface area contributed by atoms with E-state index in [4.69, 9.17) is 27.9 Å².